The highest BCUT2D eigenvalue weighted by Crippen LogP contribution is 2.34. The summed E-state index contributed by atoms with van der Waals surface area (Å²) in [7, 11) is 1.68. The molecule has 0 amide bonds. The van der Waals surface area contributed by atoms with Crippen molar-refractivity contribution in [2.24, 2.45) is 0 Å². The van der Waals surface area contributed by atoms with Gasteiger partial charge in [-0.15, -0.1) is 0 Å². The molecule has 1 unspecified atom stereocenters. The van der Waals surface area contributed by atoms with Crippen molar-refractivity contribution in [3.05, 3.63) is 47.0 Å². The molecule has 1 N–H and O–H groups in total. The number of benzene rings is 1. The van der Waals surface area contributed by atoms with E-state index in [0.29, 0.717) is 11.7 Å². The maximum Gasteiger partial charge on any atom is 0.129 e. The van der Waals surface area contributed by atoms with Crippen LogP contribution in [0.15, 0.2) is 24.5 Å². The van der Waals surface area contributed by atoms with Crippen LogP contribution in [0.5, 0.6) is 5.75 Å². The van der Waals surface area contributed by atoms with Gasteiger partial charge in [0.05, 0.1) is 13.2 Å². The second-order valence-corrected chi connectivity index (χ2v) is 5.14. The molecule has 0 saturated heterocycles. The van der Waals surface area contributed by atoms with Crippen LogP contribution in [0.4, 0.5) is 0 Å². The lowest BCUT2D eigenvalue weighted by Crippen LogP contribution is -2.06. The van der Waals surface area contributed by atoms with Crippen LogP contribution >= 0.6 is 0 Å². The largest absolute Gasteiger partial charge is 0.496 e. The minimum Gasteiger partial charge on any atom is -0.496 e. The fraction of sp³-hybridized carbons (Fsp3) is 0.375. The average Bonchev–Trinajstić information content (AvgIpc) is 2.94. The summed E-state index contributed by atoms with van der Waals surface area (Å²) >= 11 is 0. The highest BCUT2D eigenvalue weighted by Gasteiger charge is 2.21. The van der Waals surface area contributed by atoms with Crippen molar-refractivity contribution in [2.45, 2.75) is 32.6 Å². The average molecular weight is 269 g/mol. The van der Waals surface area contributed by atoms with Crippen LogP contribution < -0.4 is 4.74 Å². The number of nitrogens with zero attached hydrogens (tertiary/aromatic N) is 2. The molecule has 20 heavy (non-hydrogen) atoms. The van der Waals surface area contributed by atoms with Crippen molar-refractivity contribution < 1.29 is 4.74 Å². The maximum absolute atomic E-state index is 9.49. The normalized spacial score (nSPS) is 12.2. The van der Waals surface area contributed by atoms with Gasteiger partial charge < -0.3 is 9.72 Å². The zero-order valence-electron chi connectivity index (χ0n) is 12.3. The number of rotatable bonds is 4. The highest BCUT2D eigenvalue weighted by molar-refractivity contribution is 5.48. The van der Waals surface area contributed by atoms with E-state index in [-0.39, 0.29) is 5.92 Å². The number of hydrogen-bond donors (Lipinski definition) is 1. The first kappa shape index (κ1) is 14.1. The van der Waals surface area contributed by atoms with Crippen LogP contribution in [-0.4, -0.2) is 17.1 Å². The van der Waals surface area contributed by atoms with Gasteiger partial charge >= 0.3 is 0 Å². The Balaban J connectivity index is 2.56. The number of hydrogen-bond acceptors (Lipinski definition) is 3. The van der Waals surface area contributed by atoms with Gasteiger partial charge in [-0.05, 0) is 41.7 Å². The fourth-order valence-electron chi connectivity index (χ4n) is 2.37. The Labute approximate surface area is 119 Å². The van der Waals surface area contributed by atoms with Crippen LogP contribution in [0.2, 0.25) is 0 Å². The van der Waals surface area contributed by atoms with Crippen LogP contribution in [0.1, 0.15) is 48.2 Å². The summed E-state index contributed by atoms with van der Waals surface area (Å²) in [6, 6.07) is 6.39. The van der Waals surface area contributed by atoms with Crippen LogP contribution in [-0.2, 0) is 0 Å². The molecule has 0 saturated carbocycles. The molecule has 0 fully saturated rings. The molecule has 0 aliphatic rings. The Morgan fingerprint density at radius 2 is 2.05 bits per heavy atom. The first-order valence-electron chi connectivity index (χ1n) is 6.65. The molecule has 1 heterocycles. The molecule has 0 aliphatic carbocycles. The van der Waals surface area contributed by atoms with Crippen molar-refractivity contribution >= 4 is 0 Å². The molecule has 1 aromatic heterocycles. The number of aromatic amines is 1. The minimum absolute atomic E-state index is 0.334. The second kappa shape index (κ2) is 5.79. The highest BCUT2D eigenvalue weighted by atomic mass is 16.5. The predicted octanol–water partition coefficient (Wildman–Crippen LogP) is 3.51. The quantitative estimate of drug-likeness (QED) is 0.924. The molecule has 1 atom stereocenters. The molecule has 4 nitrogen and oxygen atoms in total. The number of aryl methyl sites for hydroxylation is 1. The molecule has 0 spiro atoms. The Bertz CT molecular complexity index is 624. The third kappa shape index (κ3) is 2.53. The summed E-state index contributed by atoms with van der Waals surface area (Å²) in [6.07, 6.45) is 3.41. The molecule has 4 heteroatoms. The monoisotopic (exact) mass is 269 g/mol. The van der Waals surface area contributed by atoms with Crippen LogP contribution in [0.25, 0.3) is 0 Å². The van der Waals surface area contributed by atoms with E-state index in [9.17, 15) is 5.26 Å². The Kier molecular flexibility index (Phi) is 4.09. The first-order valence-corrected chi connectivity index (χ1v) is 6.65. The summed E-state index contributed by atoms with van der Waals surface area (Å²) in [5, 5.41) is 9.49. The third-order valence-electron chi connectivity index (χ3n) is 3.47. The summed E-state index contributed by atoms with van der Waals surface area (Å²) in [6.45, 7) is 6.23. The summed E-state index contributed by atoms with van der Waals surface area (Å²) < 4.78 is 5.44. The molecule has 0 aliphatic heterocycles. The van der Waals surface area contributed by atoms with Gasteiger partial charge in [0.2, 0.25) is 0 Å². The van der Waals surface area contributed by atoms with E-state index >= 15 is 0 Å². The van der Waals surface area contributed by atoms with Gasteiger partial charge in [0.25, 0.3) is 0 Å². The van der Waals surface area contributed by atoms with E-state index in [1.165, 1.54) is 0 Å². The van der Waals surface area contributed by atoms with Gasteiger partial charge in [0, 0.05) is 12.4 Å². The first-order chi connectivity index (χ1) is 9.58. The summed E-state index contributed by atoms with van der Waals surface area (Å²) in [5.74, 6) is 1.50. The summed E-state index contributed by atoms with van der Waals surface area (Å²) in [4.78, 5) is 7.24. The van der Waals surface area contributed by atoms with Crippen molar-refractivity contribution in [1.82, 2.24) is 9.97 Å². The fourth-order valence-corrected chi connectivity index (χ4v) is 2.37. The Morgan fingerprint density at radius 3 is 2.55 bits per heavy atom. The van der Waals surface area contributed by atoms with E-state index in [0.717, 1.165) is 22.4 Å². The molecule has 104 valence electrons. The van der Waals surface area contributed by atoms with Gasteiger partial charge in [-0.3, -0.25) is 0 Å². The lowest BCUT2D eigenvalue weighted by atomic mass is 9.90. The van der Waals surface area contributed by atoms with Gasteiger partial charge in [0.15, 0.2) is 0 Å². The maximum atomic E-state index is 9.49. The van der Waals surface area contributed by atoms with Crippen LogP contribution in [0.3, 0.4) is 0 Å². The predicted molar refractivity (Wildman–Crippen MR) is 77.9 cm³/mol. The van der Waals surface area contributed by atoms with Crippen molar-refractivity contribution in [2.75, 3.05) is 7.11 Å². The Hall–Kier alpha value is -2.28. The number of H-pyrrole nitrogens is 1. The molecular formula is C16H19N3O. The molecule has 2 rings (SSSR count). The van der Waals surface area contributed by atoms with E-state index in [1.807, 2.05) is 13.0 Å². The van der Waals surface area contributed by atoms with Crippen molar-refractivity contribution in [3.63, 3.8) is 0 Å². The van der Waals surface area contributed by atoms with E-state index in [1.54, 1.807) is 19.5 Å². The number of methoxy groups -OCH3 is 1. The standard InChI is InChI=1S/C16H19N3O/c1-10(2)12-8-13(11(3)7-15(12)20-4)14(9-17)16-18-5-6-19-16/h5-8,10,14H,1-4H3,(H,18,19). The van der Waals surface area contributed by atoms with Crippen molar-refractivity contribution in [1.29, 1.82) is 5.26 Å². The van der Waals surface area contributed by atoms with Gasteiger partial charge in [0.1, 0.15) is 17.5 Å². The van der Waals surface area contributed by atoms with Gasteiger partial charge in [-0.1, -0.05) is 13.8 Å². The zero-order chi connectivity index (χ0) is 14.7. The minimum atomic E-state index is -0.381. The van der Waals surface area contributed by atoms with Crippen LogP contribution in [0, 0.1) is 18.3 Å². The number of nitriles is 1. The number of nitrogens with one attached hydrogen (secondary N) is 1. The SMILES string of the molecule is COc1cc(C)c(C(C#N)c2ncc[nH]2)cc1C(C)C. The number of imidazole rings is 1. The number of ether oxygens (including phenoxy) is 1. The van der Waals surface area contributed by atoms with E-state index in [2.05, 4.69) is 36.0 Å². The summed E-state index contributed by atoms with van der Waals surface area (Å²) in [5.41, 5.74) is 3.13. The van der Waals surface area contributed by atoms with Gasteiger partial charge in [-0.2, -0.15) is 5.26 Å². The second-order valence-electron chi connectivity index (χ2n) is 5.14. The zero-order valence-corrected chi connectivity index (χ0v) is 12.3. The van der Waals surface area contributed by atoms with Gasteiger partial charge in [-0.25, -0.2) is 4.98 Å². The molecule has 0 bridgehead atoms. The lowest BCUT2D eigenvalue weighted by Gasteiger charge is -2.18. The third-order valence-corrected chi connectivity index (χ3v) is 3.47. The smallest absolute Gasteiger partial charge is 0.129 e. The Morgan fingerprint density at radius 1 is 1.30 bits per heavy atom. The van der Waals surface area contributed by atoms with Crippen molar-refractivity contribution in [3.8, 4) is 11.8 Å². The van der Waals surface area contributed by atoms with E-state index in [4.69, 9.17) is 4.74 Å². The van der Waals surface area contributed by atoms with E-state index < -0.39 is 0 Å². The molecular weight excluding hydrogens is 250 g/mol. The molecule has 1 aromatic carbocycles. The topological polar surface area (TPSA) is 61.7 Å². The number of aromatic nitrogens is 2. The molecule has 2 aromatic rings. The molecule has 0 radical (unpaired) electrons. The lowest BCUT2D eigenvalue weighted by molar-refractivity contribution is 0.407.